The summed E-state index contributed by atoms with van der Waals surface area (Å²) in [6, 6.07) is -0.279. The summed E-state index contributed by atoms with van der Waals surface area (Å²) in [5, 5.41) is -0.898. The van der Waals surface area contributed by atoms with Gasteiger partial charge in [-0.3, -0.25) is 4.79 Å². The molecule has 6 unspecified atom stereocenters. The third-order valence-electron chi connectivity index (χ3n) is 7.35. The zero-order valence-electron chi connectivity index (χ0n) is 18.4. The quantitative estimate of drug-likeness (QED) is 0.666. The second kappa shape index (κ2) is 9.01. The molecule has 1 saturated heterocycles. The Kier molecular flexibility index (Phi) is 6.99. The van der Waals surface area contributed by atoms with E-state index < -0.39 is 21.3 Å². The highest BCUT2D eigenvalue weighted by Gasteiger charge is 2.49. The zero-order chi connectivity index (χ0) is 22.2. The van der Waals surface area contributed by atoms with Crippen molar-refractivity contribution in [1.82, 2.24) is 9.80 Å². The molecule has 1 aliphatic heterocycles. The number of carbonyl (C=O) groups excluding carboxylic acids is 2. The van der Waals surface area contributed by atoms with Crippen molar-refractivity contribution in [1.29, 1.82) is 0 Å². The normalized spacial score (nSPS) is 37.4. The van der Waals surface area contributed by atoms with Crippen LogP contribution < -0.4 is 0 Å². The van der Waals surface area contributed by atoms with Gasteiger partial charge < -0.3 is 14.5 Å². The van der Waals surface area contributed by atoms with E-state index >= 15 is 0 Å². The van der Waals surface area contributed by atoms with Crippen LogP contribution in [0.15, 0.2) is 0 Å². The molecule has 2 amide bonds. The molecule has 30 heavy (non-hydrogen) atoms. The molecule has 0 aromatic carbocycles. The van der Waals surface area contributed by atoms with E-state index in [0.29, 0.717) is 32.4 Å². The van der Waals surface area contributed by atoms with E-state index in [2.05, 4.69) is 0 Å². The highest BCUT2D eigenvalue weighted by atomic mass is 32.2. The summed E-state index contributed by atoms with van der Waals surface area (Å²) < 4.78 is 43.7. The number of piperazine rings is 1. The van der Waals surface area contributed by atoms with Crippen LogP contribution in [0.4, 0.5) is 9.18 Å². The smallest absolute Gasteiger partial charge is 0.410 e. The molecule has 0 radical (unpaired) electrons. The molecule has 0 N–H and O–H groups in total. The molecule has 1 heterocycles. The zero-order valence-corrected chi connectivity index (χ0v) is 19.2. The topological polar surface area (TPSA) is 84.0 Å². The van der Waals surface area contributed by atoms with Crippen LogP contribution in [0.5, 0.6) is 0 Å². The van der Waals surface area contributed by atoms with E-state index in [9.17, 15) is 22.4 Å². The van der Waals surface area contributed by atoms with Crippen molar-refractivity contribution < 1.29 is 27.1 Å². The fraction of sp³-hybridized carbons (Fsp3) is 0.905. The molecular formula is C21H35FN2O5S. The summed E-state index contributed by atoms with van der Waals surface area (Å²) in [5.41, 5.74) is 0. The predicted octanol–water partition coefficient (Wildman–Crippen LogP) is 2.78. The molecule has 172 valence electrons. The van der Waals surface area contributed by atoms with Gasteiger partial charge >= 0.3 is 6.09 Å². The van der Waals surface area contributed by atoms with Gasteiger partial charge in [0, 0.05) is 25.8 Å². The first kappa shape index (κ1) is 23.3. The van der Waals surface area contributed by atoms with Gasteiger partial charge in [-0.05, 0) is 64.2 Å². The maximum atomic E-state index is 14.7. The first-order valence-electron chi connectivity index (χ1n) is 11.1. The highest BCUT2D eigenvalue weighted by Crippen LogP contribution is 2.44. The number of ether oxygens (including phenoxy) is 1. The van der Waals surface area contributed by atoms with Gasteiger partial charge in [0.1, 0.15) is 6.17 Å². The van der Waals surface area contributed by atoms with Crippen molar-refractivity contribution in [2.45, 2.75) is 88.8 Å². The van der Waals surface area contributed by atoms with E-state index in [-0.39, 0.29) is 48.4 Å². The average molecular weight is 447 g/mol. The summed E-state index contributed by atoms with van der Waals surface area (Å²) in [6.07, 6.45) is 3.04. The van der Waals surface area contributed by atoms with Gasteiger partial charge in [-0.15, -0.1) is 0 Å². The first-order valence-corrected chi connectivity index (χ1v) is 13.0. The second-order valence-electron chi connectivity index (χ2n) is 9.29. The Hall–Kier alpha value is -1.38. The monoisotopic (exact) mass is 446 g/mol. The third kappa shape index (κ3) is 4.60. The van der Waals surface area contributed by atoms with Crippen LogP contribution in [0.25, 0.3) is 0 Å². The lowest BCUT2D eigenvalue weighted by atomic mass is 9.69. The van der Waals surface area contributed by atoms with Crippen LogP contribution in [-0.2, 0) is 19.4 Å². The molecule has 3 aliphatic rings. The number of amides is 2. The summed E-state index contributed by atoms with van der Waals surface area (Å²) >= 11 is 0. The number of alkyl halides is 1. The minimum Gasteiger partial charge on any atom is -0.450 e. The highest BCUT2D eigenvalue weighted by molar-refractivity contribution is 7.91. The van der Waals surface area contributed by atoms with Crippen molar-refractivity contribution in [3.63, 3.8) is 0 Å². The SMILES string of the molecule is CCOC(=O)N1C[C@H](C)N(C(C)=O)C2CCC(C3CCC(S(C)(=O)=O)C(F)C3)CC21. The van der Waals surface area contributed by atoms with Crippen molar-refractivity contribution in [2.75, 3.05) is 19.4 Å². The molecule has 0 bridgehead atoms. The van der Waals surface area contributed by atoms with Crippen LogP contribution >= 0.6 is 0 Å². The molecule has 7 nitrogen and oxygen atoms in total. The Bertz CT molecular complexity index is 760. The van der Waals surface area contributed by atoms with Gasteiger partial charge in [0.25, 0.3) is 0 Å². The Labute approximate surface area is 179 Å². The Balaban J connectivity index is 1.76. The van der Waals surface area contributed by atoms with Crippen molar-refractivity contribution >= 4 is 21.8 Å². The van der Waals surface area contributed by atoms with Crippen molar-refractivity contribution in [2.24, 2.45) is 11.8 Å². The molecule has 0 aromatic rings. The van der Waals surface area contributed by atoms with Crippen LogP contribution in [0.2, 0.25) is 0 Å². The summed E-state index contributed by atoms with van der Waals surface area (Å²) in [5.74, 6) is 0.328. The lowest BCUT2D eigenvalue weighted by Gasteiger charge is -2.54. The van der Waals surface area contributed by atoms with Crippen molar-refractivity contribution in [3.05, 3.63) is 0 Å². The van der Waals surface area contributed by atoms with Gasteiger partial charge in [0.05, 0.1) is 23.9 Å². The van der Waals surface area contributed by atoms with Gasteiger partial charge in [-0.2, -0.15) is 0 Å². The lowest BCUT2D eigenvalue weighted by Crippen LogP contribution is -2.67. The lowest BCUT2D eigenvalue weighted by molar-refractivity contribution is -0.142. The van der Waals surface area contributed by atoms with Crippen LogP contribution in [-0.4, -0.2) is 79.2 Å². The van der Waals surface area contributed by atoms with E-state index in [1.165, 1.54) is 0 Å². The fourth-order valence-electron chi connectivity index (χ4n) is 6.07. The van der Waals surface area contributed by atoms with Crippen LogP contribution in [0.3, 0.4) is 0 Å². The molecule has 7 atom stereocenters. The number of halogens is 1. The van der Waals surface area contributed by atoms with Crippen LogP contribution in [0.1, 0.15) is 59.3 Å². The minimum absolute atomic E-state index is 0.0111. The third-order valence-corrected chi connectivity index (χ3v) is 8.98. The molecule has 2 aliphatic carbocycles. The molecule has 9 heteroatoms. The molecule has 0 spiro atoms. The number of hydrogen-bond acceptors (Lipinski definition) is 5. The van der Waals surface area contributed by atoms with Crippen LogP contribution in [0, 0.1) is 11.8 Å². The Morgan fingerprint density at radius 3 is 2.27 bits per heavy atom. The van der Waals surface area contributed by atoms with Gasteiger partial charge in [-0.1, -0.05) is 0 Å². The minimum atomic E-state index is -3.39. The number of carbonyl (C=O) groups is 2. The fourth-order valence-corrected chi connectivity index (χ4v) is 7.29. The second-order valence-corrected chi connectivity index (χ2v) is 11.6. The number of hydrogen-bond donors (Lipinski definition) is 0. The van der Waals surface area contributed by atoms with Gasteiger partial charge in [0.15, 0.2) is 9.84 Å². The van der Waals surface area contributed by atoms with E-state index in [4.69, 9.17) is 4.74 Å². The first-order chi connectivity index (χ1) is 14.0. The maximum Gasteiger partial charge on any atom is 0.410 e. The largest absolute Gasteiger partial charge is 0.450 e. The summed E-state index contributed by atoms with van der Waals surface area (Å²) in [6.45, 7) is 6.02. The van der Waals surface area contributed by atoms with Gasteiger partial charge in [0.2, 0.25) is 5.91 Å². The molecule has 3 fully saturated rings. The van der Waals surface area contributed by atoms with E-state index in [1.54, 1.807) is 18.7 Å². The average Bonchev–Trinajstić information content (AvgIpc) is 2.65. The van der Waals surface area contributed by atoms with Gasteiger partial charge in [-0.25, -0.2) is 17.6 Å². The number of rotatable bonds is 3. The summed E-state index contributed by atoms with van der Waals surface area (Å²) in [7, 11) is -3.39. The number of fused-ring (bicyclic) bond motifs is 1. The Morgan fingerprint density at radius 2 is 1.70 bits per heavy atom. The standard InChI is InChI=1S/C21H35FN2O5S/c1-5-29-21(26)23-12-13(2)24(14(3)25)18-8-6-16(11-19(18)23)15-7-9-20(17(22)10-15)30(4,27)28/h13,15-20H,5-12H2,1-4H3/t13-,15?,16?,17?,18?,19?,20?/m0/s1. The maximum absolute atomic E-state index is 14.7. The van der Waals surface area contributed by atoms with E-state index in [1.807, 2.05) is 11.8 Å². The van der Waals surface area contributed by atoms with E-state index in [0.717, 1.165) is 19.1 Å². The predicted molar refractivity (Wildman–Crippen MR) is 111 cm³/mol. The molecular weight excluding hydrogens is 411 g/mol. The molecule has 0 aromatic heterocycles. The van der Waals surface area contributed by atoms with Crippen molar-refractivity contribution in [3.8, 4) is 0 Å². The molecule has 2 saturated carbocycles. The Morgan fingerprint density at radius 1 is 1.07 bits per heavy atom. The number of sulfone groups is 1. The summed E-state index contributed by atoms with van der Waals surface area (Å²) in [4.78, 5) is 28.6. The number of nitrogens with zero attached hydrogens (tertiary/aromatic N) is 2. The molecule has 3 rings (SSSR count).